The average molecular weight is 238 g/mol. The van der Waals surface area contributed by atoms with Gasteiger partial charge in [0.05, 0.1) is 0 Å². The highest BCUT2D eigenvalue weighted by Crippen LogP contribution is 2.07. The summed E-state index contributed by atoms with van der Waals surface area (Å²) in [6.07, 6.45) is 1.12. The number of pyridine rings is 1. The van der Waals surface area contributed by atoms with Crippen LogP contribution in [-0.4, -0.2) is 16.7 Å². The smallest absolute Gasteiger partial charge is 0.407 e. The molecule has 1 heterocycles. The lowest BCUT2D eigenvalue weighted by Gasteiger charge is -2.19. The molecule has 0 radical (unpaired) electrons. The summed E-state index contributed by atoms with van der Waals surface area (Å²) in [5.41, 5.74) is 1.04. The number of amides is 1. The van der Waals surface area contributed by atoms with Gasteiger partial charge in [-0.25, -0.2) is 4.79 Å². The minimum Gasteiger partial charge on any atom is -0.444 e. The zero-order valence-electron chi connectivity index (χ0n) is 10.6. The lowest BCUT2D eigenvalue weighted by molar-refractivity contribution is 0.0523. The van der Waals surface area contributed by atoms with Crippen molar-refractivity contribution in [2.45, 2.75) is 39.8 Å². The standard InChI is InChI=1S/C12H18N2O3/c1-8-5-10(15)13-6-9(8)7-14-11(16)17-12(2,3)4/h5-6H,7H2,1-4H3,(H,13,15)(H,14,16). The Morgan fingerprint density at radius 3 is 2.65 bits per heavy atom. The summed E-state index contributed by atoms with van der Waals surface area (Å²) in [7, 11) is 0. The van der Waals surface area contributed by atoms with Crippen molar-refractivity contribution in [1.82, 2.24) is 10.3 Å². The first-order chi connectivity index (χ1) is 7.78. The van der Waals surface area contributed by atoms with E-state index in [1.165, 1.54) is 6.07 Å². The summed E-state index contributed by atoms with van der Waals surface area (Å²) < 4.78 is 5.10. The molecule has 0 aliphatic carbocycles. The molecule has 17 heavy (non-hydrogen) atoms. The van der Waals surface area contributed by atoms with E-state index in [9.17, 15) is 9.59 Å². The number of hydrogen-bond acceptors (Lipinski definition) is 3. The highest BCUT2D eigenvalue weighted by Gasteiger charge is 2.15. The van der Waals surface area contributed by atoms with Gasteiger partial charge in [0.25, 0.3) is 0 Å². The fraction of sp³-hybridized carbons (Fsp3) is 0.500. The molecule has 1 amide bonds. The van der Waals surface area contributed by atoms with Crippen molar-refractivity contribution in [3.63, 3.8) is 0 Å². The van der Waals surface area contributed by atoms with E-state index >= 15 is 0 Å². The van der Waals surface area contributed by atoms with Crippen molar-refractivity contribution >= 4 is 6.09 Å². The summed E-state index contributed by atoms with van der Waals surface area (Å²) in [6, 6.07) is 1.49. The van der Waals surface area contributed by atoms with Gasteiger partial charge >= 0.3 is 6.09 Å². The van der Waals surface area contributed by atoms with Crippen LogP contribution in [-0.2, 0) is 11.3 Å². The summed E-state index contributed by atoms with van der Waals surface area (Å²) in [5, 5.41) is 2.63. The monoisotopic (exact) mass is 238 g/mol. The molecule has 5 nitrogen and oxygen atoms in total. The van der Waals surface area contributed by atoms with Crippen LogP contribution in [0.15, 0.2) is 17.1 Å². The zero-order chi connectivity index (χ0) is 13.1. The Kier molecular flexibility index (Phi) is 3.93. The number of ether oxygens (including phenoxy) is 1. The predicted molar refractivity (Wildman–Crippen MR) is 64.9 cm³/mol. The first kappa shape index (κ1) is 13.3. The molecule has 0 aliphatic heterocycles. The van der Waals surface area contributed by atoms with E-state index < -0.39 is 11.7 Å². The average Bonchev–Trinajstić information content (AvgIpc) is 2.13. The molecule has 0 aliphatic rings. The Morgan fingerprint density at radius 2 is 2.12 bits per heavy atom. The van der Waals surface area contributed by atoms with E-state index in [0.717, 1.165) is 11.1 Å². The molecule has 0 aromatic carbocycles. The van der Waals surface area contributed by atoms with Crippen LogP contribution in [0.1, 0.15) is 31.9 Å². The largest absolute Gasteiger partial charge is 0.444 e. The number of carbonyl (C=O) groups is 1. The lowest BCUT2D eigenvalue weighted by atomic mass is 10.1. The molecule has 0 unspecified atom stereocenters. The Balaban J connectivity index is 2.56. The van der Waals surface area contributed by atoms with E-state index in [-0.39, 0.29) is 5.56 Å². The van der Waals surface area contributed by atoms with Crippen LogP contribution in [0.2, 0.25) is 0 Å². The molecule has 0 atom stereocenters. The second-order valence-electron chi connectivity index (χ2n) is 4.86. The number of hydrogen-bond donors (Lipinski definition) is 2. The number of rotatable bonds is 2. The minimum atomic E-state index is -0.510. The van der Waals surface area contributed by atoms with Gasteiger partial charge in [-0.3, -0.25) is 4.79 Å². The van der Waals surface area contributed by atoms with Gasteiger partial charge in [0.15, 0.2) is 0 Å². The number of aromatic nitrogens is 1. The summed E-state index contributed by atoms with van der Waals surface area (Å²) in [5.74, 6) is 0. The molecule has 1 rings (SSSR count). The van der Waals surface area contributed by atoms with Crippen molar-refractivity contribution in [2.75, 3.05) is 0 Å². The number of nitrogens with one attached hydrogen (secondary N) is 2. The number of alkyl carbamates (subject to hydrolysis) is 1. The minimum absolute atomic E-state index is 0.150. The van der Waals surface area contributed by atoms with Gasteiger partial charge in [-0.2, -0.15) is 0 Å². The van der Waals surface area contributed by atoms with Gasteiger partial charge in [0.2, 0.25) is 5.56 Å². The molecule has 0 bridgehead atoms. The molecule has 1 aromatic rings. The number of aryl methyl sites for hydroxylation is 1. The molecule has 5 heteroatoms. The van der Waals surface area contributed by atoms with Gasteiger partial charge in [0, 0.05) is 18.8 Å². The van der Waals surface area contributed by atoms with E-state index in [1.807, 2.05) is 6.92 Å². The van der Waals surface area contributed by atoms with E-state index in [0.29, 0.717) is 6.54 Å². The Morgan fingerprint density at radius 1 is 1.47 bits per heavy atom. The Bertz CT molecular complexity index is 458. The third-order valence-corrected chi connectivity index (χ3v) is 2.06. The highest BCUT2D eigenvalue weighted by atomic mass is 16.6. The summed E-state index contributed by atoms with van der Waals surface area (Å²) in [6.45, 7) is 7.56. The molecule has 0 fully saturated rings. The fourth-order valence-electron chi connectivity index (χ4n) is 1.28. The zero-order valence-corrected chi connectivity index (χ0v) is 10.6. The van der Waals surface area contributed by atoms with Crippen molar-refractivity contribution in [3.05, 3.63) is 33.7 Å². The van der Waals surface area contributed by atoms with Gasteiger partial charge in [0.1, 0.15) is 5.60 Å². The fourth-order valence-corrected chi connectivity index (χ4v) is 1.28. The van der Waals surface area contributed by atoms with Crippen molar-refractivity contribution in [3.8, 4) is 0 Å². The number of H-pyrrole nitrogens is 1. The third kappa shape index (κ3) is 4.72. The maximum Gasteiger partial charge on any atom is 0.407 e. The molecule has 2 N–H and O–H groups in total. The second kappa shape index (κ2) is 5.03. The van der Waals surface area contributed by atoms with Crippen LogP contribution in [0.25, 0.3) is 0 Å². The normalized spacial score (nSPS) is 11.1. The van der Waals surface area contributed by atoms with Gasteiger partial charge in [-0.15, -0.1) is 0 Å². The maximum atomic E-state index is 11.4. The van der Waals surface area contributed by atoms with Gasteiger partial charge in [-0.1, -0.05) is 0 Å². The quantitative estimate of drug-likeness (QED) is 0.823. The molecule has 94 valence electrons. The molecule has 0 saturated carbocycles. The second-order valence-corrected chi connectivity index (χ2v) is 4.86. The first-order valence-corrected chi connectivity index (χ1v) is 5.43. The molecule has 0 saturated heterocycles. The van der Waals surface area contributed by atoms with E-state index in [2.05, 4.69) is 10.3 Å². The van der Waals surface area contributed by atoms with Crippen LogP contribution in [0.5, 0.6) is 0 Å². The van der Waals surface area contributed by atoms with Crippen molar-refractivity contribution in [1.29, 1.82) is 0 Å². The van der Waals surface area contributed by atoms with Crippen molar-refractivity contribution < 1.29 is 9.53 Å². The van der Waals surface area contributed by atoms with Crippen molar-refractivity contribution in [2.24, 2.45) is 0 Å². The van der Waals surface area contributed by atoms with Crippen LogP contribution in [0.4, 0.5) is 4.79 Å². The molecule has 0 spiro atoms. The van der Waals surface area contributed by atoms with Gasteiger partial charge < -0.3 is 15.0 Å². The Hall–Kier alpha value is -1.78. The maximum absolute atomic E-state index is 11.4. The molecule has 1 aromatic heterocycles. The third-order valence-electron chi connectivity index (χ3n) is 2.06. The Labute approximate surface area is 100 Å². The topological polar surface area (TPSA) is 71.2 Å². The first-order valence-electron chi connectivity index (χ1n) is 5.43. The predicted octanol–water partition coefficient (Wildman–Crippen LogP) is 1.71. The van der Waals surface area contributed by atoms with Crippen LogP contribution in [0.3, 0.4) is 0 Å². The van der Waals surface area contributed by atoms with Crippen LogP contribution < -0.4 is 10.9 Å². The van der Waals surface area contributed by atoms with Gasteiger partial charge in [-0.05, 0) is 38.8 Å². The lowest BCUT2D eigenvalue weighted by Crippen LogP contribution is -2.32. The highest BCUT2D eigenvalue weighted by molar-refractivity contribution is 5.67. The SMILES string of the molecule is Cc1cc(=O)[nH]cc1CNC(=O)OC(C)(C)C. The van der Waals surface area contributed by atoms with Crippen LogP contribution >= 0.6 is 0 Å². The number of aromatic amines is 1. The van der Waals surface area contributed by atoms with E-state index in [1.54, 1.807) is 27.0 Å². The summed E-state index contributed by atoms with van der Waals surface area (Å²) in [4.78, 5) is 25.0. The number of carbonyl (C=O) groups excluding carboxylic acids is 1. The summed E-state index contributed by atoms with van der Waals surface area (Å²) >= 11 is 0. The molecular weight excluding hydrogens is 220 g/mol. The molecular formula is C12H18N2O3. The van der Waals surface area contributed by atoms with Crippen LogP contribution in [0, 0.1) is 6.92 Å². The van der Waals surface area contributed by atoms with E-state index in [4.69, 9.17) is 4.74 Å².